The number of ether oxygens (including phenoxy) is 1. The Morgan fingerprint density at radius 3 is 2.24 bits per heavy atom. The number of hydrogen-bond donors (Lipinski definition) is 1. The maximum Gasteiger partial charge on any atom is 0.323 e. The van der Waals surface area contributed by atoms with Crippen LogP contribution in [0.2, 0.25) is 0 Å². The van der Waals surface area contributed by atoms with Gasteiger partial charge in [0.25, 0.3) is 0 Å². The predicted octanol–water partition coefficient (Wildman–Crippen LogP) is 3.66. The van der Waals surface area contributed by atoms with Crippen LogP contribution in [-0.2, 0) is 21.5 Å². The van der Waals surface area contributed by atoms with E-state index in [0.717, 1.165) is 6.42 Å². The number of hydrogen-bond acceptors (Lipinski definition) is 3. The van der Waals surface area contributed by atoms with Gasteiger partial charge < -0.3 is 10.1 Å². The van der Waals surface area contributed by atoms with E-state index in [0.29, 0.717) is 6.54 Å². The summed E-state index contributed by atoms with van der Waals surface area (Å²) in [6.45, 7) is 11.4. The molecule has 1 rings (SSSR count). The summed E-state index contributed by atoms with van der Waals surface area (Å²) in [5.74, 6) is 0.0713. The van der Waals surface area contributed by atoms with Gasteiger partial charge in [0.15, 0.2) is 0 Å². The van der Waals surface area contributed by atoms with E-state index in [2.05, 4.69) is 64.2 Å². The van der Waals surface area contributed by atoms with E-state index in [9.17, 15) is 4.79 Å². The molecule has 3 nitrogen and oxygen atoms in total. The Labute approximate surface area is 129 Å². The van der Waals surface area contributed by atoms with Crippen LogP contribution in [0, 0.1) is 5.92 Å². The first kappa shape index (κ1) is 17.7. The van der Waals surface area contributed by atoms with E-state index >= 15 is 0 Å². The van der Waals surface area contributed by atoms with Gasteiger partial charge in [-0.15, -0.1) is 0 Å². The molecule has 118 valence electrons. The number of benzene rings is 1. The molecule has 0 saturated carbocycles. The third kappa shape index (κ3) is 5.16. The summed E-state index contributed by atoms with van der Waals surface area (Å²) >= 11 is 0. The fourth-order valence-electron chi connectivity index (χ4n) is 2.23. The highest BCUT2D eigenvalue weighted by Crippen LogP contribution is 2.22. The number of methoxy groups -OCH3 is 1. The second-order valence-electron chi connectivity index (χ2n) is 6.71. The quantitative estimate of drug-likeness (QED) is 0.813. The average Bonchev–Trinajstić information content (AvgIpc) is 2.46. The lowest BCUT2D eigenvalue weighted by Gasteiger charge is -2.22. The van der Waals surface area contributed by atoms with E-state index in [4.69, 9.17) is 4.74 Å². The van der Waals surface area contributed by atoms with Gasteiger partial charge in [0.05, 0.1) is 7.11 Å². The van der Waals surface area contributed by atoms with Crippen molar-refractivity contribution in [1.29, 1.82) is 0 Å². The normalized spacial score (nSPS) is 14.6. The summed E-state index contributed by atoms with van der Waals surface area (Å²) in [5, 5.41) is 3.32. The first-order valence-electron chi connectivity index (χ1n) is 7.70. The summed E-state index contributed by atoms with van der Waals surface area (Å²) in [6.07, 6.45) is 0.940. The van der Waals surface area contributed by atoms with Crippen molar-refractivity contribution >= 4 is 5.97 Å². The second-order valence-corrected chi connectivity index (χ2v) is 6.71. The van der Waals surface area contributed by atoms with Crippen molar-refractivity contribution in [3.8, 4) is 0 Å². The van der Waals surface area contributed by atoms with Crippen molar-refractivity contribution in [3.05, 3.63) is 35.4 Å². The fraction of sp³-hybridized carbons (Fsp3) is 0.611. The molecule has 21 heavy (non-hydrogen) atoms. The topological polar surface area (TPSA) is 38.3 Å². The molecule has 0 aliphatic rings. The average molecular weight is 291 g/mol. The van der Waals surface area contributed by atoms with Crippen molar-refractivity contribution in [3.63, 3.8) is 0 Å². The zero-order valence-electron chi connectivity index (χ0n) is 14.2. The molecule has 2 atom stereocenters. The molecule has 0 heterocycles. The van der Waals surface area contributed by atoms with E-state index in [1.165, 1.54) is 18.2 Å². The van der Waals surface area contributed by atoms with Crippen molar-refractivity contribution < 1.29 is 9.53 Å². The van der Waals surface area contributed by atoms with Crippen LogP contribution < -0.4 is 5.32 Å². The summed E-state index contributed by atoms with van der Waals surface area (Å²) in [7, 11) is 1.44. The predicted molar refractivity (Wildman–Crippen MR) is 87.2 cm³/mol. The van der Waals surface area contributed by atoms with Crippen molar-refractivity contribution in [2.45, 2.75) is 59.0 Å². The molecule has 1 N–H and O–H groups in total. The number of nitrogens with one attached hydrogen (secondary N) is 1. The highest BCUT2D eigenvalue weighted by molar-refractivity contribution is 5.75. The Bertz CT molecular complexity index is 445. The van der Waals surface area contributed by atoms with Gasteiger partial charge in [-0.2, -0.15) is 0 Å². The SMILES string of the molecule is CCC(C)C(NCc1ccc(C(C)(C)C)cc1)C(=O)OC. The first-order valence-corrected chi connectivity index (χ1v) is 7.70. The Kier molecular flexibility index (Phi) is 6.41. The number of carbonyl (C=O) groups is 1. The maximum absolute atomic E-state index is 11.8. The molecule has 0 amide bonds. The third-order valence-electron chi connectivity index (χ3n) is 4.01. The second kappa shape index (κ2) is 7.60. The molecule has 0 aromatic heterocycles. The molecule has 0 spiro atoms. The Balaban J connectivity index is 2.70. The van der Waals surface area contributed by atoms with Crippen LogP contribution in [0.1, 0.15) is 52.2 Å². The monoisotopic (exact) mass is 291 g/mol. The molecular formula is C18H29NO2. The van der Waals surface area contributed by atoms with Gasteiger partial charge in [-0.3, -0.25) is 4.79 Å². The molecule has 0 aliphatic carbocycles. The molecule has 0 aliphatic heterocycles. The van der Waals surface area contributed by atoms with Crippen molar-refractivity contribution in [2.75, 3.05) is 7.11 Å². The van der Waals surface area contributed by atoms with Crippen LogP contribution in [0.25, 0.3) is 0 Å². The Morgan fingerprint density at radius 1 is 1.24 bits per heavy atom. The Morgan fingerprint density at radius 2 is 1.81 bits per heavy atom. The van der Waals surface area contributed by atoms with Crippen LogP contribution in [0.3, 0.4) is 0 Å². The van der Waals surface area contributed by atoms with Gasteiger partial charge in [0, 0.05) is 6.54 Å². The van der Waals surface area contributed by atoms with Crippen LogP contribution in [-0.4, -0.2) is 19.1 Å². The number of carbonyl (C=O) groups excluding carboxylic acids is 1. The van der Waals surface area contributed by atoms with Gasteiger partial charge in [0.1, 0.15) is 6.04 Å². The first-order chi connectivity index (χ1) is 9.79. The van der Waals surface area contributed by atoms with Gasteiger partial charge in [0.2, 0.25) is 0 Å². The van der Waals surface area contributed by atoms with E-state index < -0.39 is 0 Å². The summed E-state index contributed by atoms with van der Waals surface area (Å²) in [4.78, 5) is 11.8. The Hall–Kier alpha value is -1.35. The van der Waals surface area contributed by atoms with E-state index in [1.54, 1.807) is 0 Å². The molecule has 0 bridgehead atoms. The smallest absolute Gasteiger partial charge is 0.323 e. The summed E-state index contributed by atoms with van der Waals surface area (Å²) < 4.78 is 4.89. The molecule has 1 aromatic carbocycles. The third-order valence-corrected chi connectivity index (χ3v) is 4.01. The molecular weight excluding hydrogens is 262 g/mol. The lowest BCUT2D eigenvalue weighted by Crippen LogP contribution is -2.42. The zero-order chi connectivity index (χ0) is 16.0. The maximum atomic E-state index is 11.8. The van der Waals surface area contributed by atoms with Gasteiger partial charge in [-0.1, -0.05) is 65.3 Å². The fourth-order valence-corrected chi connectivity index (χ4v) is 2.23. The standard InChI is InChI=1S/C18H29NO2/c1-7-13(2)16(17(20)21-6)19-12-14-8-10-15(11-9-14)18(3,4)5/h8-11,13,16,19H,7,12H2,1-6H3. The molecule has 0 fully saturated rings. The van der Waals surface area contributed by atoms with E-state index in [-0.39, 0.29) is 23.3 Å². The van der Waals surface area contributed by atoms with Crippen LogP contribution in [0.4, 0.5) is 0 Å². The van der Waals surface area contributed by atoms with Gasteiger partial charge >= 0.3 is 5.97 Å². The molecule has 1 aromatic rings. The lowest BCUT2D eigenvalue weighted by atomic mass is 9.87. The van der Waals surface area contributed by atoms with Crippen LogP contribution in [0.15, 0.2) is 24.3 Å². The highest BCUT2D eigenvalue weighted by atomic mass is 16.5. The summed E-state index contributed by atoms with van der Waals surface area (Å²) in [5.41, 5.74) is 2.66. The van der Waals surface area contributed by atoms with Crippen LogP contribution >= 0.6 is 0 Å². The minimum Gasteiger partial charge on any atom is -0.468 e. The molecule has 0 saturated heterocycles. The molecule has 2 unspecified atom stereocenters. The van der Waals surface area contributed by atoms with Crippen molar-refractivity contribution in [2.24, 2.45) is 5.92 Å². The van der Waals surface area contributed by atoms with Crippen LogP contribution in [0.5, 0.6) is 0 Å². The highest BCUT2D eigenvalue weighted by Gasteiger charge is 2.24. The summed E-state index contributed by atoms with van der Waals surface area (Å²) in [6, 6.07) is 8.32. The lowest BCUT2D eigenvalue weighted by molar-refractivity contribution is -0.144. The number of esters is 1. The largest absolute Gasteiger partial charge is 0.468 e. The zero-order valence-corrected chi connectivity index (χ0v) is 14.2. The van der Waals surface area contributed by atoms with Gasteiger partial charge in [-0.05, 0) is 22.5 Å². The minimum atomic E-state index is -0.248. The van der Waals surface area contributed by atoms with E-state index in [1.807, 2.05) is 0 Å². The van der Waals surface area contributed by atoms with Gasteiger partial charge in [-0.25, -0.2) is 0 Å². The minimum absolute atomic E-state index is 0.164. The number of rotatable bonds is 6. The molecule has 3 heteroatoms. The van der Waals surface area contributed by atoms with Crippen molar-refractivity contribution in [1.82, 2.24) is 5.32 Å². The molecule has 0 radical (unpaired) electrons.